The van der Waals surface area contributed by atoms with Crippen LogP contribution >= 0.6 is 0 Å². The summed E-state index contributed by atoms with van der Waals surface area (Å²) < 4.78 is 45.3. The van der Waals surface area contributed by atoms with E-state index in [4.69, 9.17) is 5.26 Å². The summed E-state index contributed by atoms with van der Waals surface area (Å²) in [4.78, 5) is -0.118. The lowest BCUT2D eigenvalue weighted by atomic mass is 10.1. The highest BCUT2D eigenvalue weighted by atomic mass is 32.2. The zero-order chi connectivity index (χ0) is 16.4. The lowest BCUT2D eigenvalue weighted by Crippen LogP contribution is -2.24. The van der Waals surface area contributed by atoms with Crippen molar-refractivity contribution >= 4 is 21.1 Å². The number of fused-ring (bicyclic) bond motifs is 1. The van der Waals surface area contributed by atoms with Crippen LogP contribution in [0.4, 0.5) is 4.39 Å². The molecule has 0 aliphatic carbocycles. The maximum atomic E-state index is 13.7. The van der Waals surface area contributed by atoms with Gasteiger partial charge in [-0.25, -0.2) is 22.2 Å². The van der Waals surface area contributed by atoms with Crippen molar-refractivity contribution in [2.75, 3.05) is 0 Å². The molecule has 0 unspecified atom stereocenters. The van der Waals surface area contributed by atoms with Gasteiger partial charge in [0, 0.05) is 12.1 Å². The molecule has 0 fully saturated rings. The summed E-state index contributed by atoms with van der Waals surface area (Å²) >= 11 is 0. The molecule has 1 aromatic heterocycles. The fraction of sp³-hybridized carbons (Fsp3) is 0.0714. The largest absolute Gasteiger partial charge is 0.243 e. The molecule has 0 aliphatic rings. The Kier molecular flexibility index (Phi) is 3.77. The molecule has 0 atom stereocenters. The van der Waals surface area contributed by atoms with Crippen LogP contribution in [0.5, 0.6) is 0 Å². The third kappa shape index (κ3) is 2.90. The number of hydrogen-bond donors (Lipinski definition) is 1. The number of benzene rings is 2. The van der Waals surface area contributed by atoms with Crippen molar-refractivity contribution < 1.29 is 17.4 Å². The monoisotopic (exact) mass is 332 g/mol. The van der Waals surface area contributed by atoms with E-state index in [-0.39, 0.29) is 28.1 Å². The first-order valence-corrected chi connectivity index (χ1v) is 7.89. The fourth-order valence-corrected chi connectivity index (χ4v) is 3.18. The molecule has 7 nitrogen and oxygen atoms in total. The summed E-state index contributed by atoms with van der Waals surface area (Å²) in [5.74, 6) is -0.604. The quantitative estimate of drug-likeness (QED) is 0.779. The van der Waals surface area contributed by atoms with Gasteiger partial charge in [0.15, 0.2) is 5.52 Å². The maximum Gasteiger partial charge on any atom is 0.243 e. The molecule has 9 heteroatoms. The smallest absolute Gasteiger partial charge is 0.243 e. The average molecular weight is 332 g/mol. The minimum atomic E-state index is -3.95. The summed E-state index contributed by atoms with van der Waals surface area (Å²) in [6, 6.07) is 9.99. The topological polar surface area (TPSA) is 109 Å². The first-order chi connectivity index (χ1) is 11.0. The zero-order valence-electron chi connectivity index (χ0n) is 11.5. The van der Waals surface area contributed by atoms with Gasteiger partial charge >= 0.3 is 0 Å². The van der Waals surface area contributed by atoms with Gasteiger partial charge in [-0.2, -0.15) is 5.26 Å². The third-order valence-corrected chi connectivity index (χ3v) is 4.60. The Labute approximate surface area is 130 Å². The van der Waals surface area contributed by atoms with Gasteiger partial charge in [-0.1, -0.05) is 6.07 Å². The first kappa shape index (κ1) is 15.1. The van der Waals surface area contributed by atoms with Gasteiger partial charge in [0.05, 0.1) is 11.6 Å². The summed E-state index contributed by atoms with van der Waals surface area (Å²) in [5.41, 5.74) is 0.693. The number of rotatable bonds is 4. The fourth-order valence-electron chi connectivity index (χ4n) is 2.03. The number of halogens is 1. The van der Waals surface area contributed by atoms with Crippen LogP contribution in [0.2, 0.25) is 0 Å². The van der Waals surface area contributed by atoms with Crippen LogP contribution in [-0.2, 0) is 16.6 Å². The SMILES string of the molecule is N#Cc1ccc(F)c(CNS(=O)(=O)c2cccc3nonc23)c1. The minimum Gasteiger partial charge on any atom is -0.243 e. The molecule has 0 amide bonds. The van der Waals surface area contributed by atoms with Gasteiger partial charge in [0.1, 0.15) is 16.2 Å². The molecule has 0 radical (unpaired) electrons. The highest BCUT2D eigenvalue weighted by Crippen LogP contribution is 2.20. The van der Waals surface area contributed by atoms with Crippen LogP contribution in [0.3, 0.4) is 0 Å². The van der Waals surface area contributed by atoms with Crippen molar-refractivity contribution in [1.29, 1.82) is 5.26 Å². The predicted molar refractivity (Wildman–Crippen MR) is 76.9 cm³/mol. The lowest BCUT2D eigenvalue weighted by molar-refractivity contribution is 0.315. The van der Waals surface area contributed by atoms with Crippen LogP contribution in [0.15, 0.2) is 45.9 Å². The number of aromatic nitrogens is 2. The number of hydrogen-bond acceptors (Lipinski definition) is 6. The zero-order valence-corrected chi connectivity index (χ0v) is 12.3. The Morgan fingerprint density at radius 1 is 1.26 bits per heavy atom. The Morgan fingerprint density at radius 2 is 2.09 bits per heavy atom. The molecule has 1 N–H and O–H groups in total. The van der Waals surface area contributed by atoms with E-state index in [1.807, 2.05) is 6.07 Å². The molecule has 0 saturated heterocycles. The van der Waals surface area contributed by atoms with E-state index in [2.05, 4.69) is 19.7 Å². The lowest BCUT2D eigenvalue weighted by Gasteiger charge is -2.08. The van der Waals surface area contributed by atoms with E-state index in [1.54, 1.807) is 6.07 Å². The van der Waals surface area contributed by atoms with Crippen molar-refractivity contribution in [3.8, 4) is 6.07 Å². The number of sulfonamides is 1. The molecule has 0 aliphatic heterocycles. The predicted octanol–water partition coefficient (Wildman–Crippen LogP) is 1.71. The number of nitrogens with zero attached hydrogens (tertiary/aromatic N) is 3. The van der Waals surface area contributed by atoms with Crippen LogP contribution in [0.25, 0.3) is 11.0 Å². The Hall–Kier alpha value is -2.83. The second-order valence-corrected chi connectivity index (χ2v) is 6.37. The molecule has 0 bridgehead atoms. The van der Waals surface area contributed by atoms with Crippen molar-refractivity contribution in [3.05, 3.63) is 53.3 Å². The molecule has 1 heterocycles. The van der Waals surface area contributed by atoms with Gasteiger partial charge in [-0.05, 0) is 40.6 Å². The maximum absolute atomic E-state index is 13.7. The van der Waals surface area contributed by atoms with E-state index < -0.39 is 15.8 Å². The second-order valence-electron chi connectivity index (χ2n) is 4.63. The number of nitrogens with one attached hydrogen (secondary N) is 1. The molecule has 0 spiro atoms. The highest BCUT2D eigenvalue weighted by Gasteiger charge is 2.20. The Bertz CT molecular complexity index is 1020. The van der Waals surface area contributed by atoms with Crippen molar-refractivity contribution in [2.45, 2.75) is 11.4 Å². The van der Waals surface area contributed by atoms with E-state index in [9.17, 15) is 12.8 Å². The Morgan fingerprint density at radius 3 is 2.87 bits per heavy atom. The van der Waals surface area contributed by atoms with Crippen LogP contribution in [-0.4, -0.2) is 18.7 Å². The van der Waals surface area contributed by atoms with Crippen LogP contribution < -0.4 is 4.72 Å². The molecule has 0 saturated carbocycles. The number of nitriles is 1. The molecule has 23 heavy (non-hydrogen) atoms. The van der Waals surface area contributed by atoms with Gasteiger partial charge in [0.25, 0.3) is 0 Å². The molecule has 3 aromatic rings. The van der Waals surface area contributed by atoms with E-state index in [0.717, 1.165) is 6.07 Å². The van der Waals surface area contributed by atoms with Crippen molar-refractivity contribution in [3.63, 3.8) is 0 Å². The molecule has 2 aromatic carbocycles. The summed E-state index contributed by atoms with van der Waals surface area (Å²) in [6.45, 7) is -0.300. The van der Waals surface area contributed by atoms with Crippen molar-refractivity contribution in [1.82, 2.24) is 15.0 Å². The van der Waals surface area contributed by atoms with Crippen LogP contribution in [0, 0.1) is 17.1 Å². The summed E-state index contributed by atoms with van der Waals surface area (Å²) in [7, 11) is -3.95. The summed E-state index contributed by atoms with van der Waals surface area (Å²) in [5, 5.41) is 16.0. The van der Waals surface area contributed by atoms with Crippen LogP contribution in [0.1, 0.15) is 11.1 Å². The molecular formula is C14H9FN4O3S. The average Bonchev–Trinajstić information content (AvgIpc) is 3.02. The van der Waals surface area contributed by atoms with Gasteiger partial charge in [-0.3, -0.25) is 0 Å². The van der Waals surface area contributed by atoms with E-state index >= 15 is 0 Å². The van der Waals surface area contributed by atoms with E-state index in [0.29, 0.717) is 5.52 Å². The van der Waals surface area contributed by atoms with Gasteiger partial charge in [-0.15, -0.1) is 0 Å². The van der Waals surface area contributed by atoms with Gasteiger partial charge in [0.2, 0.25) is 10.0 Å². The third-order valence-electron chi connectivity index (χ3n) is 3.17. The normalized spacial score (nSPS) is 11.5. The first-order valence-electron chi connectivity index (χ1n) is 6.41. The standard InChI is InChI=1S/C14H9FN4O3S/c15-11-5-4-9(7-16)6-10(11)8-17-23(20,21)13-3-1-2-12-14(13)19-22-18-12/h1-6,17H,8H2. The van der Waals surface area contributed by atoms with Crippen molar-refractivity contribution in [2.24, 2.45) is 0 Å². The molecule has 116 valence electrons. The molecular weight excluding hydrogens is 323 g/mol. The minimum absolute atomic E-state index is 0.0677. The highest BCUT2D eigenvalue weighted by molar-refractivity contribution is 7.89. The Balaban J connectivity index is 1.91. The van der Waals surface area contributed by atoms with Gasteiger partial charge < -0.3 is 0 Å². The van der Waals surface area contributed by atoms with E-state index in [1.165, 1.54) is 24.3 Å². The molecule has 3 rings (SSSR count). The summed E-state index contributed by atoms with van der Waals surface area (Å²) in [6.07, 6.45) is 0. The second kappa shape index (κ2) is 5.75.